The van der Waals surface area contributed by atoms with Gasteiger partial charge in [0, 0.05) is 26.1 Å². The van der Waals surface area contributed by atoms with Crippen LogP contribution in [0.15, 0.2) is 16.5 Å². The SMILES string of the molecule is C[C@H]1C[C@@H]1c1ccc(CN(C)S(=O)(=O)N(C)C2CCCCC2)o1. The minimum atomic E-state index is -3.44. The third kappa shape index (κ3) is 3.64. The van der Waals surface area contributed by atoms with E-state index in [2.05, 4.69) is 6.92 Å². The normalized spacial score (nSPS) is 26.1. The van der Waals surface area contributed by atoms with Crippen molar-refractivity contribution in [2.24, 2.45) is 5.92 Å². The first-order chi connectivity index (χ1) is 10.9. The fourth-order valence-electron chi connectivity index (χ4n) is 3.55. The standard InChI is InChI=1S/C17H28N2O3S/c1-13-11-16(13)17-10-9-15(22-17)12-18(2)23(20,21)19(3)14-7-5-4-6-8-14/h9-10,13-14,16H,4-8,11-12H2,1-3H3/t13-,16-/m0/s1. The molecule has 2 aliphatic rings. The van der Waals surface area contributed by atoms with Crippen LogP contribution in [0.4, 0.5) is 0 Å². The second kappa shape index (κ2) is 6.57. The maximum atomic E-state index is 12.7. The Hall–Kier alpha value is -0.850. The van der Waals surface area contributed by atoms with E-state index in [-0.39, 0.29) is 6.04 Å². The van der Waals surface area contributed by atoms with E-state index in [1.165, 1.54) is 17.1 Å². The first-order valence-corrected chi connectivity index (χ1v) is 10.1. The quantitative estimate of drug-likeness (QED) is 0.798. The van der Waals surface area contributed by atoms with Gasteiger partial charge in [0.1, 0.15) is 11.5 Å². The summed E-state index contributed by atoms with van der Waals surface area (Å²) in [6.07, 6.45) is 6.56. The van der Waals surface area contributed by atoms with Gasteiger partial charge in [-0.05, 0) is 37.3 Å². The topological polar surface area (TPSA) is 53.8 Å². The van der Waals surface area contributed by atoms with Crippen LogP contribution in [-0.2, 0) is 16.8 Å². The van der Waals surface area contributed by atoms with Crippen LogP contribution in [-0.4, -0.2) is 37.2 Å². The summed E-state index contributed by atoms with van der Waals surface area (Å²) in [5.74, 6) is 2.93. The lowest BCUT2D eigenvalue weighted by Gasteiger charge is -2.32. The largest absolute Gasteiger partial charge is 0.464 e. The van der Waals surface area contributed by atoms with E-state index in [9.17, 15) is 8.42 Å². The first kappa shape index (κ1) is 17.0. The maximum Gasteiger partial charge on any atom is 0.282 e. The fraction of sp³-hybridized carbons (Fsp3) is 0.765. The lowest BCUT2D eigenvalue weighted by molar-refractivity contribution is 0.264. The second-order valence-corrected chi connectivity index (χ2v) is 9.29. The molecule has 23 heavy (non-hydrogen) atoms. The third-order valence-corrected chi connectivity index (χ3v) is 7.33. The zero-order valence-corrected chi connectivity index (χ0v) is 15.2. The highest BCUT2D eigenvalue weighted by Crippen LogP contribution is 2.47. The van der Waals surface area contributed by atoms with Gasteiger partial charge in [-0.2, -0.15) is 17.0 Å². The van der Waals surface area contributed by atoms with Gasteiger partial charge in [0.15, 0.2) is 0 Å². The van der Waals surface area contributed by atoms with Crippen LogP contribution in [0.3, 0.4) is 0 Å². The van der Waals surface area contributed by atoms with Crippen LogP contribution >= 0.6 is 0 Å². The van der Waals surface area contributed by atoms with Crippen molar-refractivity contribution in [1.29, 1.82) is 0 Å². The van der Waals surface area contributed by atoms with Crippen molar-refractivity contribution in [2.45, 2.75) is 64.0 Å². The summed E-state index contributed by atoms with van der Waals surface area (Å²) in [7, 11) is -0.0912. The van der Waals surface area contributed by atoms with E-state index in [0.29, 0.717) is 18.4 Å². The molecule has 0 aliphatic heterocycles. The van der Waals surface area contributed by atoms with Crippen LogP contribution in [0.25, 0.3) is 0 Å². The maximum absolute atomic E-state index is 12.7. The van der Waals surface area contributed by atoms with Gasteiger partial charge in [-0.25, -0.2) is 0 Å². The van der Waals surface area contributed by atoms with Crippen molar-refractivity contribution in [1.82, 2.24) is 8.61 Å². The van der Waals surface area contributed by atoms with Crippen LogP contribution in [0, 0.1) is 5.92 Å². The molecular weight excluding hydrogens is 312 g/mol. The van der Waals surface area contributed by atoms with E-state index in [0.717, 1.165) is 37.2 Å². The summed E-state index contributed by atoms with van der Waals surface area (Å²) in [6.45, 7) is 2.50. The van der Waals surface area contributed by atoms with Gasteiger partial charge in [-0.15, -0.1) is 0 Å². The van der Waals surface area contributed by atoms with Gasteiger partial charge in [0.25, 0.3) is 10.2 Å². The number of rotatable bonds is 6. The molecule has 3 rings (SSSR count). The zero-order valence-electron chi connectivity index (χ0n) is 14.4. The Bertz CT molecular complexity index is 634. The van der Waals surface area contributed by atoms with Crippen molar-refractivity contribution in [2.75, 3.05) is 14.1 Å². The highest BCUT2D eigenvalue weighted by molar-refractivity contribution is 7.86. The van der Waals surface area contributed by atoms with Crippen molar-refractivity contribution in [3.63, 3.8) is 0 Å². The smallest absolute Gasteiger partial charge is 0.282 e. The van der Waals surface area contributed by atoms with Crippen LogP contribution in [0.5, 0.6) is 0 Å². The van der Waals surface area contributed by atoms with Crippen molar-refractivity contribution in [3.05, 3.63) is 23.7 Å². The first-order valence-electron chi connectivity index (χ1n) is 8.67. The predicted molar refractivity (Wildman–Crippen MR) is 90.3 cm³/mol. The number of nitrogens with zero attached hydrogens (tertiary/aromatic N) is 2. The molecule has 1 heterocycles. The number of furan rings is 1. The Labute approximate surface area is 139 Å². The molecule has 0 spiro atoms. The summed E-state index contributed by atoms with van der Waals surface area (Å²) in [4.78, 5) is 0. The van der Waals surface area contributed by atoms with E-state index in [1.54, 1.807) is 18.4 Å². The number of hydrogen-bond donors (Lipinski definition) is 0. The fourth-order valence-corrected chi connectivity index (χ4v) is 4.87. The van der Waals surface area contributed by atoms with Crippen molar-refractivity contribution < 1.29 is 12.8 Å². The number of hydrogen-bond acceptors (Lipinski definition) is 3. The minimum Gasteiger partial charge on any atom is -0.464 e. The van der Waals surface area contributed by atoms with Crippen molar-refractivity contribution in [3.8, 4) is 0 Å². The Morgan fingerprint density at radius 3 is 2.43 bits per heavy atom. The molecule has 1 aromatic heterocycles. The molecule has 0 bridgehead atoms. The molecule has 2 fully saturated rings. The molecule has 1 aromatic rings. The molecule has 0 radical (unpaired) electrons. The zero-order chi connectivity index (χ0) is 16.6. The lowest BCUT2D eigenvalue weighted by atomic mass is 9.96. The molecule has 2 aliphatic carbocycles. The van der Waals surface area contributed by atoms with Crippen LogP contribution in [0.2, 0.25) is 0 Å². The monoisotopic (exact) mass is 340 g/mol. The van der Waals surface area contributed by atoms with Gasteiger partial charge >= 0.3 is 0 Å². The summed E-state index contributed by atoms with van der Waals surface area (Å²) in [6, 6.07) is 4.04. The van der Waals surface area contributed by atoms with Gasteiger partial charge in [0.2, 0.25) is 0 Å². The summed E-state index contributed by atoms with van der Waals surface area (Å²) >= 11 is 0. The third-order valence-electron chi connectivity index (χ3n) is 5.38. The van der Waals surface area contributed by atoms with E-state index in [4.69, 9.17) is 4.42 Å². The summed E-state index contributed by atoms with van der Waals surface area (Å²) < 4.78 is 34.3. The molecule has 130 valence electrons. The molecule has 5 nitrogen and oxygen atoms in total. The molecule has 0 aromatic carbocycles. The Kier molecular flexibility index (Phi) is 4.85. The highest BCUT2D eigenvalue weighted by Gasteiger charge is 2.37. The summed E-state index contributed by atoms with van der Waals surface area (Å²) in [5.41, 5.74) is 0. The average molecular weight is 340 g/mol. The van der Waals surface area contributed by atoms with Gasteiger partial charge in [-0.3, -0.25) is 0 Å². The molecule has 0 amide bonds. The van der Waals surface area contributed by atoms with Crippen molar-refractivity contribution >= 4 is 10.2 Å². The average Bonchev–Trinajstić information content (AvgIpc) is 3.09. The van der Waals surface area contributed by atoms with Crippen LogP contribution in [0.1, 0.15) is 62.9 Å². The molecule has 6 heteroatoms. The van der Waals surface area contributed by atoms with Gasteiger partial charge < -0.3 is 4.42 Å². The Morgan fingerprint density at radius 2 is 1.83 bits per heavy atom. The van der Waals surface area contributed by atoms with Gasteiger partial charge in [0.05, 0.1) is 6.54 Å². The predicted octanol–water partition coefficient (Wildman–Crippen LogP) is 3.34. The van der Waals surface area contributed by atoms with E-state index in [1.807, 2.05) is 12.1 Å². The molecule has 2 saturated carbocycles. The summed E-state index contributed by atoms with van der Waals surface area (Å²) in [5, 5.41) is 0. The molecule has 2 atom stereocenters. The van der Waals surface area contributed by atoms with Gasteiger partial charge in [-0.1, -0.05) is 26.2 Å². The molecular formula is C17H28N2O3S. The lowest BCUT2D eigenvalue weighted by Crippen LogP contribution is -2.45. The Morgan fingerprint density at radius 1 is 1.17 bits per heavy atom. The Balaban J connectivity index is 1.63. The minimum absolute atomic E-state index is 0.135. The van der Waals surface area contributed by atoms with Crippen LogP contribution < -0.4 is 0 Å². The van der Waals surface area contributed by atoms with E-state index >= 15 is 0 Å². The molecule has 0 saturated heterocycles. The highest BCUT2D eigenvalue weighted by atomic mass is 32.2. The molecule has 0 N–H and O–H groups in total. The van der Waals surface area contributed by atoms with E-state index < -0.39 is 10.2 Å². The second-order valence-electron chi connectivity index (χ2n) is 7.20. The molecule has 0 unspecified atom stereocenters.